The molecule has 128 valence electrons. The fraction of sp³-hybridized carbons (Fsp3) is 0.350. The molecule has 1 amide bonds. The molecule has 4 heteroatoms. The molecule has 2 aromatic rings. The van der Waals surface area contributed by atoms with Crippen LogP contribution in [0.5, 0.6) is 0 Å². The third-order valence-corrected chi connectivity index (χ3v) is 4.82. The first-order valence-corrected chi connectivity index (χ1v) is 9.25. The molecule has 3 nitrogen and oxygen atoms in total. The number of carbonyl (C=O) groups excluding carboxylic acids is 1. The summed E-state index contributed by atoms with van der Waals surface area (Å²) in [6.45, 7) is 2.06. The summed E-state index contributed by atoms with van der Waals surface area (Å²) >= 11 is 1.67. The first kappa shape index (κ1) is 18.6. The Balaban J connectivity index is 1.64. The van der Waals surface area contributed by atoms with E-state index in [1.807, 2.05) is 48.5 Å². The third-order valence-electron chi connectivity index (χ3n) is 3.80. The van der Waals surface area contributed by atoms with Crippen molar-refractivity contribution in [3.05, 3.63) is 66.2 Å². The maximum atomic E-state index is 11.9. The Bertz CT molecular complexity index is 614. The molecule has 0 radical (unpaired) electrons. The van der Waals surface area contributed by atoms with E-state index in [1.54, 1.807) is 18.7 Å². The normalized spacial score (nSPS) is 13.2. The molecular weight excluding hydrogens is 318 g/mol. The van der Waals surface area contributed by atoms with Crippen LogP contribution in [0.25, 0.3) is 0 Å². The van der Waals surface area contributed by atoms with E-state index >= 15 is 0 Å². The summed E-state index contributed by atoms with van der Waals surface area (Å²) in [5.41, 5.74) is 0.307. The number of nitrogens with one attached hydrogen (secondary N) is 1. The predicted molar refractivity (Wildman–Crippen MR) is 100 cm³/mol. The molecule has 0 heterocycles. The summed E-state index contributed by atoms with van der Waals surface area (Å²) in [7, 11) is 0. The molecule has 0 aliphatic heterocycles. The lowest BCUT2D eigenvalue weighted by molar-refractivity contribution is -0.121. The van der Waals surface area contributed by atoms with Crippen molar-refractivity contribution in [2.75, 3.05) is 12.3 Å². The summed E-state index contributed by atoms with van der Waals surface area (Å²) in [5, 5.41) is 13.3. The zero-order valence-electron chi connectivity index (χ0n) is 14.1. The van der Waals surface area contributed by atoms with Crippen molar-refractivity contribution in [2.24, 2.45) is 0 Å². The third kappa shape index (κ3) is 7.20. The van der Waals surface area contributed by atoms with Gasteiger partial charge in [-0.2, -0.15) is 0 Å². The van der Waals surface area contributed by atoms with Crippen LogP contribution in [0, 0.1) is 0 Å². The van der Waals surface area contributed by atoms with Crippen LogP contribution in [-0.2, 0) is 11.2 Å². The summed E-state index contributed by atoms with van der Waals surface area (Å²) in [5.74, 6) is 0.723. The van der Waals surface area contributed by atoms with Gasteiger partial charge in [0.2, 0.25) is 5.91 Å². The van der Waals surface area contributed by atoms with Crippen LogP contribution >= 0.6 is 11.8 Å². The monoisotopic (exact) mass is 343 g/mol. The number of hydrogen-bond acceptors (Lipinski definition) is 3. The number of aryl methyl sites for hydroxylation is 1. The lowest BCUT2D eigenvalue weighted by Gasteiger charge is -2.23. The fourth-order valence-electron chi connectivity index (χ4n) is 2.30. The number of aliphatic hydroxyl groups is 1. The topological polar surface area (TPSA) is 49.3 Å². The Morgan fingerprint density at radius 3 is 2.38 bits per heavy atom. The summed E-state index contributed by atoms with van der Waals surface area (Å²) in [6, 6.07) is 20.1. The number of carbonyl (C=O) groups is 1. The second-order valence-electron chi connectivity index (χ2n) is 6.17. The zero-order chi connectivity index (χ0) is 17.3. The molecule has 0 aliphatic rings. The van der Waals surface area contributed by atoms with Gasteiger partial charge >= 0.3 is 0 Å². The highest BCUT2D eigenvalue weighted by molar-refractivity contribution is 7.99. The van der Waals surface area contributed by atoms with Crippen molar-refractivity contribution >= 4 is 17.7 Å². The van der Waals surface area contributed by atoms with Gasteiger partial charge in [0.1, 0.15) is 0 Å². The van der Waals surface area contributed by atoms with Crippen molar-refractivity contribution in [1.29, 1.82) is 0 Å². The second-order valence-corrected chi connectivity index (χ2v) is 7.34. The molecule has 0 aliphatic carbocycles. The van der Waals surface area contributed by atoms with Gasteiger partial charge in [-0.3, -0.25) is 4.79 Å². The molecule has 0 bridgehead atoms. The number of benzene rings is 2. The van der Waals surface area contributed by atoms with Gasteiger partial charge in [-0.1, -0.05) is 48.5 Å². The van der Waals surface area contributed by atoms with Crippen LogP contribution in [0.4, 0.5) is 0 Å². The van der Waals surface area contributed by atoms with Gasteiger partial charge in [0.25, 0.3) is 0 Å². The van der Waals surface area contributed by atoms with E-state index in [1.165, 1.54) is 10.5 Å². The molecule has 2 aromatic carbocycles. The molecule has 0 saturated carbocycles. The van der Waals surface area contributed by atoms with Crippen molar-refractivity contribution in [2.45, 2.75) is 36.7 Å². The van der Waals surface area contributed by atoms with E-state index in [9.17, 15) is 9.90 Å². The Morgan fingerprint density at radius 2 is 1.71 bits per heavy atom. The first-order valence-electron chi connectivity index (χ1n) is 8.26. The molecule has 0 aromatic heterocycles. The van der Waals surface area contributed by atoms with Gasteiger partial charge in [-0.25, -0.2) is 0 Å². The zero-order valence-corrected chi connectivity index (χ0v) is 14.9. The van der Waals surface area contributed by atoms with Crippen LogP contribution in [0.15, 0.2) is 65.6 Å². The quantitative estimate of drug-likeness (QED) is 0.683. The van der Waals surface area contributed by atoms with E-state index in [4.69, 9.17) is 0 Å². The summed E-state index contributed by atoms with van der Waals surface area (Å²) in [6.07, 6.45) is 1.87. The van der Waals surface area contributed by atoms with Gasteiger partial charge in [0.15, 0.2) is 0 Å². The van der Waals surface area contributed by atoms with E-state index in [-0.39, 0.29) is 12.5 Å². The molecule has 24 heavy (non-hydrogen) atoms. The van der Waals surface area contributed by atoms with Gasteiger partial charge in [-0.15, -0.1) is 11.8 Å². The Labute approximate surface area is 148 Å². The highest BCUT2D eigenvalue weighted by atomic mass is 32.2. The van der Waals surface area contributed by atoms with Crippen LogP contribution in [0.2, 0.25) is 0 Å². The number of amides is 1. The van der Waals surface area contributed by atoms with Gasteiger partial charge in [0.05, 0.1) is 5.60 Å². The predicted octanol–water partition coefficient (Wildman–Crippen LogP) is 3.67. The fourth-order valence-corrected chi connectivity index (χ4v) is 3.18. The van der Waals surface area contributed by atoms with Gasteiger partial charge in [-0.05, 0) is 37.5 Å². The van der Waals surface area contributed by atoms with E-state index in [0.29, 0.717) is 12.8 Å². The van der Waals surface area contributed by atoms with Crippen LogP contribution in [0.3, 0.4) is 0 Å². The number of thioether (sulfide) groups is 1. The maximum Gasteiger partial charge on any atom is 0.220 e. The highest BCUT2D eigenvalue weighted by Crippen LogP contribution is 2.18. The molecule has 0 saturated heterocycles. The number of rotatable bonds is 9. The Morgan fingerprint density at radius 1 is 1.08 bits per heavy atom. The lowest BCUT2D eigenvalue weighted by Crippen LogP contribution is -2.41. The van der Waals surface area contributed by atoms with E-state index in [0.717, 1.165) is 12.2 Å². The maximum absolute atomic E-state index is 11.9. The minimum absolute atomic E-state index is 0.0154. The van der Waals surface area contributed by atoms with Crippen molar-refractivity contribution in [3.8, 4) is 0 Å². The van der Waals surface area contributed by atoms with Gasteiger partial charge < -0.3 is 10.4 Å². The average molecular weight is 343 g/mol. The molecule has 0 fully saturated rings. The number of hydrogen-bond donors (Lipinski definition) is 2. The summed E-state index contributed by atoms with van der Waals surface area (Å²) in [4.78, 5) is 13.1. The second kappa shape index (κ2) is 9.50. The molecule has 2 N–H and O–H groups in total. The molecule has 0 spiro atoms. The van der Waals surface area contributed by atoms with Crippen molar-refractivity contribution in [1.82, 2.24) is 5.32 Å². The molecular formula is C20H25NO2S. The largest absolute Gasteiger partial charge is 0.388 e. The van der Waals surface area contributed by atoms with Crippen LogP contribution < -0.4 is 5.32 Å². The van der Waals surface area contributed by atoms with Crippen LogP contribution in [-0.4, -0.2) is 28.9 Å². The first-order chi connectivity index (χ1) is 11.6. The van der Waals surface area contributed by atoms with E-state index < -0.39 is 5.60 Å². The van der Waals surface area contributed by atoms with Crippen LogP contribution in [0.1, 0.15) is 25.3 Å². The minimum Gasteiger partial charge on any atom is -0.388 e. The average Bonchev–Trinajstić information content (AvgIpc) is 2.60. The molecule has 1 atom stereocenters. The summed E-state index contributed by atoms with van der Waals surface area (Å²) < 4.78 is 0. The van der Waals surface area contributed by atoms with Crippen molar-refractivity contribution < 1.29 is 9.90 Å². The Kier molecular flexibility index (Phi) is 7.35. The molecule has 2 rings (SSSR count). The lowest BCUT2D eigenvalue weighted by atomic mass is 9.97. The van der Waals surface area contributed by atoms with Gasteiger partial charge in [0, 0.05) is 23.6 Å². The minimum atomic E-state index is -0.891. The standard InChI is InChI=1S/C20H25NO2S/c1-20(23,14-12-17-8-4-2-5-9-17)16-21-19(22)13-15-24-18-10-6-3-7-11-18/h2-11,23H,12-16H2,1H3,(H,21,22). The Hall–Kier alpha value is -1.78. The highest BCUT2D eigenvalue weighted by Gasteiger charge is 2.20. The smallest absolute Gasteiger partial charge is 0.220 e. The van der Waals surface area contributed by atoms with Crippen molar-refractivity contribution in [3.63, 3.8) is 0 Å². The SMILES string of the molecule is CC(O)(CCc1ccccc1)CNC(=O)CCSc1ccccc1. The molecule has 1 unspecified atom stereocenters. The van der Waals surface area contributed by atoms with E-state index in [2.05, 4.69) is 17.4 Å².